The Balaban J connectivity index is 2.20. The fourth-order valence-corrected chi connectivity index (χ4v) is 2.87. The highest BCUT2D eigenvalue weighted by Gasteiger charge is 2.26. The van der Waals surface area contributed by atoms with Crippen LogP contribution >= 0.6 is 27.5 Å². The third-order valence-electron chi connectivity index (χ3n) is 3.65. The normalized spacial score (nSPS) is 19.4. The predicted octanol–water partition coefficient (Wildman–Crippen LogP) is 4.81. The molecule has 1 aromatic carbocycles. The summed E-state index contributed by atoms with van der Waals surface area (Å²) in [7, 11) is 0. The molecule has 0 aliphatic carbocycles. The van der Waals surface area contributed by atoms with E-state index in [-0.39, 0.29) is 0 Å². The molecule has 1 aromatic rings. The van der Waals surface area contributed by atoms with E-state index in [2.05, 4.69) is 52.9 Å². The summed E-state index contributed by atoms with van der Waals surface area (Å²) in [6.45, 7) is 6.97. The molecule has 2 rings (SSSR count). The van der Waals surface area contributed by atoms with E-state index in [0.29, 0.717) is 11.3 Å². The molecule has 17 heavy (non-hydrogen) atoms. The van der Waals surface area contributed by atoms with Gasteiger partial charge in [-0.25, -0.2) is 0 Å². The van der Waals surface area contributed by atoms with E-state index in [1.807, 2.05) is 0 Å². The number of hydrogen-bond donors (Lipinski definition) is 0. The van der Waals surface area contributed by atoms with E-state index < -0.39 is 0 Å². The molecule has 1 aliphatic rings. The van der Waals surface area contributed by atoms with Gasteiger partial charge in [0.2, 0.25) is 0 Å². The topological polar surface area (TPSA) is 3.24 Å². The van der Waals surface area contributed by atoms with E-state index in [9.17, 15) is 0 Å². The number of piperidine rings is 1. The van der Waals surface area contributed by atoms with Crippen LogP contribution in [0.15, 0.2) is 22.7 Å². The van der Waals surface area contributed by atoms with Crippen LogP contribution in [-0.4, -0.2) is 13.1 Å². The molecule has 3 heteroatoms. The van der Waals surface area contributed by atoms with Gasteiger partial charge in [0, 0.05) is 29.1 Å². The lowest BCUT2D eigenvalue weighted by atomic mass is 9.82. The van der Waals surface area contributed by atoms with Crippen LogP contribution in [0.5, 0.6) is 0 Å². The molecule has 0 amide bonds. The molecule has 0 spiro atoms. The van der Waals surface area contributed by atoms with Gasteiger partial charge in [-0.05, 0) is 36.0 Å². The average Bonchev–Trinajstić information content (AvgIpc) is 2.29. The Hall–Kier alpha value is -0.210. The zero-order valence-electron chi connectivity index (χ0n) is 10.5. The first-order valence-corrected chi connectivity index (χ1v) is 7.44. The van der Waals surface area contributed by atoms with Gasteiger partial charge in [0.25, 0.3) is 0 Å². The molecule has 1 heterocycles. The van der Waals surface area contributed by atoms with Crippen LogP contribution in [0.1, 0.15) is 32.3 Å². The lowest BCUT2D eigenvalue weighted by molar-refractivity contribution is 0.279. The molecule has 0 N–H and O–H groups in total. The van der Waals surface area contributed by atoms with Gasteiger partial charge >= 0.3 is 0 Å². The van der Waals surface area contributed by atoms with Crippen molar-refractivity contribution < 1.29 is 0 Å². The molecular formula is C14H19BrClN. The molecule has 0 unspecified atom stereocenters. The second-order valence-electron chi connectivity index (χ2n) is 5.56. The highest BCUT2D eigenvalue weighted by molar-refractivity contribution is 9.10. The summed E-state index contributed by atoms with van der Waals surface area (Å²) >= 11 is 9.56. The van der Waals surface area contributed by atoms with E-state index in [1.54, 1.807) is 0 Å². The summed E-state index contributed by atoms with van der Waals surface area (Å²) in [6, 6.07) is 6.37. The SMILES string of the molecule is CC1(C)CCN(c2cc(Br)ccc2CCl)CC1. The molecule has 0 atom stereocenters. The Morgan fingerprint density at radius 3 is 2.53 bits per heavy atom. The zero-order valence-corrected chi connectivity index (χ0v) is 12.8. The van der Waals surface area contributed by atoms with Crippen LogP contribution in [0, 0.1) is 5.41 Å². The van der Waals surface area contributed by atoms with Crippen molar-refractivity contribution in [3.05, 3.63) is 28.2 Å². The molecule has 94 valence electrons. The minimum absolute atomic E-state index is 0.490. The maximum absolute atomic E-state index is 6.02. The molecule has 1 nitrogen and oxygen atoms in total. The minimum atomic E-state index is 0.490. The van der Waals surface area contributed by atoms with Crippen LogP contribution in [0.3, 0.4) is 0 Å². The highest BCUT2D eigenvalue weighted by Crippen LogP contribution is 2.34. The quantitative estimate of drug-likeness (QED) is 0.707. The van der Waals surface area contributed by atoms with Gasteiger partial charge in [0.05, 0.1) is 0 Å². The summed E-state index contributed by atoms with van der Waals surface area (Å²) in [5, 5.41) is 0. The Bertz CT molecular complexity index is 393. The fraction of sp³-hybridized carbons (Fsp3) is 0.571. The number of rotatable bonds is 2. The van der Waals surface area contributed by atoms with Gasteiger partial charge in [0.1, 0.15) is 0 Å². The third kappa shape index (κ3) is 3.17. The minimum Gasteiger partial charge on any atom is -0.371 e. The summed E-state index contributed by atoms with van der Waals surface area (Å²) in [4.78, 5) is 2.47. The van der Waals surface area contributed by atoms with Crippen molar-refractivity contribution in [1.29, 1.82) is 0 Å². The van der Waals surface area contributed by atoms with Crippen molar-refractivity contribution in [2.75, 3.05) is 18.0 Å². The number of hydrogen-bond acceptors (Lipinski definition) is 1. The van der Waals surface area contributed by atoms with Gasteiger partial charge in [-0.1, -0.05) is 35.8 Å². The smallest absolute Gasteiger partial charge is 0.0494 e. The number of nitrogens with zero attached hydrogens (tertiary/aromatic N) is 1. The Morgan fingerprint density at radius 1 is 1.29 bits per heavy atom. The standard InChI is InChI=1S/C14H19BrClN/c1-14(2)5-7-17(8-6-14)13-9-12(15)4-3-11(13)10-16/h3-4,9H,5-8,10H2,1-2H3. The van der Waals surface area contributed by atoms with Crippen molar-refractivity contribution in [2.45, 2.75) is 32.6 Å². The van der Waals surface area contributed by atoms with Crippen LogP contribution in [0.4, 0.5) is 5.69 Å². The number of benzene rings is 1. The fourth-order valence-electron chi connectivity index (χ4n) is 2.30. The van der Waals surface area contributed by atoms with Crippen molar-refractivity contribution in [1.82, 2.24) is 0 Å². The van der Waals surface area contributed by atoms with Crippen molar-refractivity contribution in [2.24, 2.45) is 5.41 Å². The van der Waals surface area contributed by atoms with Crippen LogP contribution in [-0.2, 0) is 5.88 Å². The molecule has 1 aliphatic heterocycles. The van der Waals surface area contributed by atoms with Crippen LogP contribution < -0.4 is 4.90 Å². The second kappa shape index (κ2) is 5.19. The second-order valence-corrected chi connectivity index (χ2v) is 6.74. The van der Waals surface area contributed by atoms with Gasteiger partial charge in [-0.15, -0.1) is 11.6 Å². The maximum Gasteiger partial charge on any atom is 0.0494 e. The zero-order chi connectivity index (χ0) is 12.5. The summed E-state index contributed by atoms with van der Waals surface area (Å²) in [6.07, 6.45) is 2.50. The molecular weight excluding hydrogens is 298 g/mol. The largest absolute Gasteiger partial charge is 0.371 e. The van der Waals surface area contributed by atoms with E-state index in [4.69, 9.17) is 11.6 Å². The van der Waals surface area contributed by atoms with Gasteiger partial charge in [-0.3, -0.25) is 0 Å². The molecule has 0 saturated carbocycles. The monoisotopic (exact) mass is 315 g/mol. The van der Waals surface area contributed by atoms with E-state index in [1.165, 1.54) is 24.1 Å². The molecule has 0 aromatic heterocycles. The van der Waals surface area contributed by atoms with Crippen molar-refractivity contribution in [3.8, 4) is 0 Å². The predicted molar refractivity (Wildman–Crippen MR) is 78.9 cm³/mol. The van der Waals surface area contributed by atoms with Gasteiger partial charge < -0.3 is 4.90 Å². The molecule has 1 saturated heterocycles. The van der Waals surface area contributed by atoms with Crippen molar-refractivity contribution >= 4 is 33.2 Å². The summed E-state index contributed by atoms with van der Waals surface area (Å²) in [5.74, 6) is 0.586. The molecule has 1 fully saturated rings. The van der Waals surface area contributed by atoms with E-state index in [0.717, 1.165) is 17.6 Å². The first-order valence-electron chi connectivity index (χ1n) is 6.11. The first-order chi connectivity index (χ1) is 8.02. The average molecular weight is 317 g/mol. The lowest BCUT2D eigenvalue weighted by Crippen LogP contribution is -2.37. The third-order valence-corrected chi connectivity index (χ3v) is 4.43. The highest BCUT2D eigenvalue weighted by atomic mass is 79.9. The van der Waals surface area contributed by atoms with Crippen molar-refractivity contribution in [3.63, 3.8) is 0 Å². The Morgan fingerprint density at radius 2 is 1.94 bits per heavy atom. The van der Waals surface area contributed by atoms with Gasteiger partial charge in [-0.2, -0.15) is 0 Å². The lowest BCUT2D eigenvalue weighted by Gasteiger charge is -2.39. The first kappa shape index (κ1) is 13.2. The van der Waals surface area contributed by atoms with E-state index >= 15 is 0 Å². The number of anilines is 1. The summed E-state index contributed by atoms with van der Waals surface area (Å²) < 4.78 is 1.13. The Labute approximate surface area is 117 Å². The van der Waals surface area contributed by atoms with Gasteiger partial charge in [0.15, 0.2) is 0 Å². The summed E-state index contributed by atoms with van der Waals surface area (Å²) in [5.41, 5.74) is 3.02. The maximum atomic E-state index is 6.02. The Kier molecular flexibility index (Phi) is 4.04. The number of alkyl halides is 1. The van der Waals surface area contributed by atoms with Crippen LogP contribution in [0.25, 0.3) is 0 Å². The molecule has 0 radical (unpaired) electrons. The van der Waals surface area contributed by atoms with Crippen LogP contribution in [0.2, 0.25) is 0 Å². The number of halogens is 2. The molecule has 0 bridgehead atoms.